The Morgan fingerprint density at radius 1 is 1.22 bits per heavy atom. The molecule has 0 spiro atoms. The van der Waals surface area contributed by atoms with E-state index in [9.17, 15) is 4.79 Å². The highest BCUT2D eigenvalue weighted by atomic mass is 16.5. The molecule has 0 radical (unpaired) electrons. The smallest absolute Gasteiger partial charge is 0.225 e. The van der Waals surface area contributed by atoms with Gasteiger partial charge in [-0.2, -0.15) is 0 Å². The summed E-state index contributed by atoms with van der Waals surface area (Å²) in [6, 6.07) is 1.06. The maximum Gasteiger partial charge on any atom is 0.225 e. The molecule has 2 aliphatic heterocycles. The van der Waals surface area contributed by atoms with Crippen LogP contribution in [0, 0.1) is 0 Å². The van der Waals surface area contributed by atoms with Gasteiger partial charge in [0.2, 0.25) is 5.91 Å². The number of ether oxygens (including phenoxy) is 1. The van der Waals surface area contributed by atoms with Crippen LogP contribution in [0.4, 0.5) is 0 Å². The van der Waals surface area contributed by atoms with Crippen molar-refractivity contribution in [1.82, 2.24) is 9.80 Å². The number of nitrogens with zero attached hydrogens (tertiary/aromatic N) is 2. The molecule has 0 saturated carbocycles. The van der Waals surface area contributed by atoms with Crippen LogP contribution in [-0.4, -0.2) is 61.1 Å². The summed E-state index contributed by atoms with van der Waals surface area (Å²) in [6.07, 6.45) is 5.42. The van der Waals surface area contributed by atoms with Crippen LogP contribution in [0.25, 0.3) is 0 Å². The van der Waals surface area contributed by atoms with E-state index in [0.29, 0.717) is 25.1 Å². The van der Waals surface area contributed by atoms with E-state index in [0.717, 1.165) is 19.5 Å². The van der Waals surface area contributed by atoms with Gasteiger partial charge in [0.15, 0.2) is 0 Å². The monoisotopic (exact) mass is 254 g/mol. The molecule has 0 aromatic heterocycles. The Morgan fingerprint density at radius 3 is 2.67 bits per heavy atom. The number of methoxy groups -OCH3 is 1. The lowest BCUT2D eigenvalue weighted by atomic mass is 10.0. The van der Waals surface area contributed by atoms with Gasteiger partial charge in [-0.25, -0.2) is 0 Å². The van der Waals surface area contributed by atoms with E-state index in [1.807, 2.05) is 0 Å². The fourth-order valence-corrected chi connectivity index (χ4v) is 3.52. The van der Waals surface area contributed by atoms with Crippen LogP contribution < -0.4 is 0 Å². The van der Waals surface area contributed by atoms with Crippen LogP contribution in [0.1, 0.15) is 39.0 Å². The molecule has 4 heteroatoms. The molecule has 2 aliphatic rings. The molecule has 0 bridgehead atoms. The van der Waals surface area contributed by atoms with Crippen molar-refractivity contribution in [2.45, 2.75) is 51.1 Å². The minimum atomic E-state index is 0.280. The Kier molecular flexibility index (Phi) is 5.01. The molecule has 4 nitrogen and oxygen atoms in total. The molecular weight excluding hydrogens is 228 g/mol. The number of carbonyl (C=O) groups excluding carboxylic acids is 1. The zero-order valence-corrected chi connectivity index (χ0v) is 11.7. The highest BCUT2D eigenvalue weighted by molar-refractivity contribution is 5.77. The fourth-order valence-electron chi connectivity index (χ4n) is 3.52. The van der Waals surface area contributed by atoms with E-state index in [1.165, 1.54) is 25.8 Å². The molecule has 0 aromatic rings. The second-order valence-electron chi connectivity index (χ2n) is 5.38. The van der Waals surface area contributed by atoms with Gasteiger partial charge in [-0.3, -0.25) is 9.69 Å². The average Bonchev–Trinajstić information content (AvgIpc) is 3.02. The summed E-state index contributed by atoms with van der Waals surface area (Å²) in [7, 11) is 1.66. The summed E-state index contributed by atoms with van der Waals surface area (Å²) in [5.74, 6) is 0.280. The zero-order chi connectivity index (χ0) is 13.0. The molecule has 2 fully saturated rings. The van der Waals surface area contributed by atoms with E-state index in [1.54, 1.807) is 7.11 Å². The van der Waals surface area contributed by atoms with Gasteiger partial charge in [0.1, 0.15) is 0 Å². The highest BCUT2D eigenvalue weighted by Crippen LogP contribution is 2.30. The zero-order valence-electron chi connectivity index (χ0n) is 11.7. The quantitative estimate of drug-likeness (QED) is 0.745. The standard InChI is InChI=1S/C14H26N2O2/c1-3-15-9-4-6-12(15)13-7-5-10-16(13)14(17)8-11-18-2/h12-13H,3-11H2,1-2H3. The third-order valence-corrected chi connectivity index (χ3v) is 4.40. The molecule has 2 unspecified atom stereocenters. The van der Waals surface area contributed by atoms with Crippen molar-refractivity contribution in [3.05, 3.63) is 0 Å². The van der Waals surface area contributed by atoms with E-state index in [-0.39, 0.29) is 5.91 Å². The van der Waals surface area contributed by atoms with Crippen molar-refractivity contribution in [3.63, 3.8) is 0 Å². The third-order valence-electron chi connectivity index (χ3n) is 4.40. The largest absolute Gasteiger partial charge is 0.384 e. The van der Waals surface area contributed by atoms with Crippen LogP contribution in [0.5, 0.6) is 0 Å². The Labute approximate surface area is 110 Å². The van der Waals surface area contributed by atoms with Crippen LogP contribution in [0.2, 0.25) is 0 Å². The Hall–Kier alpha value is -0.610. The van der Waals surface area contributed by atoms with Crippen LogP contribution in [0.15, 0.2) is 0 Å². The van der Waals surface area contributed by atoms with E-state index >= 15 is 0 Å². The lowest BCUT2D eigenvalue weighted by Gasteiger charge is -2.34. The predicted molar refractivity (Wildman–Crippen MR) is 71.5 cm³/mol. The number of amides is 1. The van der Waals surface area contributed by atoms with Crippen molar-refractivity contribution in [2.24, 2.45) is 0 Å². The first-order valence-electron chi connectivity index (χ1n) is 7.30. The van der Waals surface area contributed by atoms with Gasteiger partial charge in [-0.1, -0.05) is 6.92 Å². The molecule has 0 aromatic carbocycles. The van der Waals surface area contributed by atoms with Crippen molar-refractivity contribution in [3.8, 4) is 0 Å². The summed E-state index contributed by atoms with van der Waals surface area (Å²) in [6.45, 7) is 6.04. The van der Waals surface area contributed by atoms with Crippen molar-refractivity contribution < 1.29 is 9.53 Å². The second kappa shape index (κ2) is 6.53. The van der Waals surface area contributed by atoms with Gasteiger partial charge in [0, 0.05) is 25.7 Å². The molecule has 18 heavy (non-hydrogen) atoms. The van der Waals surface area contributed by atoms with Crippen LogP contribution in [0.3, 0.4) is 0 Å². The lowest BCUT2D eigenvalue weighted by molar-refractivity contribution is -0.134. The predicted octanol–water partition coefficient (Wildman–Crippen LogP) is 1.50. The molecule has 2 saturated heterocycles. The number of likely N-dealkylation sites (N-methyl/N-ethyl adjacent to an activating group) is 1. The lowest BCUT2D eigenvalue weighted by Crippen LogP contribution is -2.48. The Balaban J connectivity index is 1.96. The fraction of sp³-hybridized carbons (Fsp3) is 0.929. The average molecular weight is 254 g/mol. The first-order valence-corrected chi connectivity index (χ1v) is 7.30. The topological polar surface area (TPSA) is 32.8 Å². The number of likely N-dealkylation sites (tertiary alicyclic amines) is 2. The van der Waals surface area contributed by atoms with E-state index in [4.69, 9.17) is 4.74 Å². The van der Waals surface area contributed by atoms with Gasteiger partial charge in [-0.15, -0.1) is 0 Å². The number of hydrogen-bond acceptors (Lipinski definition) is 3. The van der Waals surface area contributed by atoms with Gasteiger partial charge < -0.3 is 9.64 Å². The number of carbonyl (C=O) groups is 1. The summed E-state index contributed by atoms with van der Waals surface area (Å²) < 4.78 is 5.02. The first-order chi connectivity index (χ1) is 8.77. The van der Waals surface area contributed by atoms with E-state index < -0.39 is 0 Å². The van der Waals surface area contributed by atoms with Gasteiger partial charge in [0.05, 0.1) is 13.0 Å². The van der Waals surface area contributed by atoms with Gasteiger partial charge in [-0.05, 0) is 38.8 Å². The molecule has 0 aliphatic carbocycles. The highest BCUT2D eigenvalue weighted by Gasteiger charge is 2.38. The molecule has 0 N–H and O–H groups in total. The Bertz CT molecular complexity index is 283. The van der Waals surface area contributed by atoms with Crippen molar-refractivity contribution in [2.75, 3.05) is 33.4 Å². The number of hydrogen-bond donors (Lipinski definition) is 0. The SMILES string of the molecule is CCN1CCCC1C1CCCN1C(=O)CCOC. The molecule has 1 amide bonds. The molecule has 2 rings (SSSR count). The first kappa shape index (κ1) is 13.8. The van der Waals surface area contributed by atoms with Gasteiger partial charge >= 0.3 is 0 Å². The summed E-state index contributed by atoms with van der Waals surface area (Å²) >= 11 is 0. The van der Waals surface area contributed by atoms with Gasteiger partial charge in [0.25, 0.3) is 0 Å². The van der Waals surface area contributed by atoms with Crippen LogP contribution >= 0.6 is 0 Å². The normalized spacial score (nSPS) is 29.1. The molecular formula is C14H26N2O2. The summed E-state index contributed by atoms with van der Waals surface area (Å²) in [5.41, 5.74) is 0. The molecule has 2 atom stereocenters. The third kappa shape index (κ3) is 2.86. The maximum absolute atomic E-state index is 12.2. The number of rotatable bonds is 5. The summed E-state index contributed by atoms with van der Waals surface area (Å²) in [5, 5.41) is 0. The van der Waals surface area contributed by atoms with Crippen molar-refractivity contribution >= 4 is 5.91 Å². The Morgan fingerprint density at radius 2 is 1.94 bits per heavy atom. The van der Waals surface area contributed by atoms with Crippen LogP contribution in [-0.2, 0) is 9.53 Å². The molecule has 104 valence electrons. The minimum Gasteiger partial charge on any atom is -0.384 e. The second-order valence-corrected chi connectivity index (χ2v) is 5.38. The van der Waals surface area contributed by atoms with Crippen molar-refractivity contribution in [1.29, 1.82) is 0 Å². The maximum atomic E-state index is 12.2. The molecule has 2 heterocycles. The summed E-state index contributed by atoms with van der Waals surface area (Å²) in [4.78, 5) is 16.9. The minimum absolute atomic E-state index is 0.280. The van der Waals surface area contributed by atoms with E-state index in [2.05, 4.69) is 16.7 Å².